The van der Waals surface area contributed by atoms with Crippen molar-refractivity contribution in [3.63, 3.8) is 0 Å². The van der Waals surface area contributed by atoms with Crippen LogP contribution < -0.4 is 10.1 Å². The molecule has 2 rings (SSSR count). The van der Waals surface area contributed by atoms with E-state index in [1.165, 1.54) is 4.90 Å². The molecule has 0 aliphatic carbocycles. The van der Waals surface area contributed by atoms with Gasteiger partial charge in [-0.3, -0.25) is 9.59 Å². The van der Waals surface area contributed by atoms with Crippen LogP contribution >= 0.6 is 0 Å². The monoisotopic (exact) mass is 342 g/mol. The average molecular weight is 342 g/mol. The lowest BCUT2D eigenvalue weighted by Gasteiger charge is -2.22. The van der Waals surface area contributed by atoms with Gasteiger partial charge in [-0.2, -0.15) is 0 Å². The number of amides is 1. The second-order valence-electron chi connectivity index (χ2n) is 5.52. The second-order valence-corrected chi connectivity index (χ2v) is 5.52. The normalized spacial score (nSPS) is 10.2. The van der Waals surface area contributed by atoms with E-state index in [1.54, 1.807) is 25.3 Å². The fraction of sp³-hybridized carbons (Fsp3) is 0.263. The molecule has 25 heavy (non-hydrogen) atoms. The number of aliphatic carboxylic acids is 1. The maximum atomic E-state index is 12.8. The van der Waals surface area contributed by atoms with Crippen molar-refractivity contribution in [1.29, 1.82) is 0 Å². The van der Waals surface area contributed by atoms with Crippen molar-refractivity contribution in [2.45, 2.75) is 13.3 Å². The van der Waals surface area contributed by atoms with Gasteiger partial charge in [-0.05, 0) is 30.7 Å². The van der Waals surface area contributed by atoms with E-state index in [1.807, 2.05) is 37.3 Å². The van der Waals surface area contributed by atoms with Crippen molar-refractivity contribution in [2.75, 3.05) is 25.5 Å². The van der Waals surface area contributed by atoms with Crippen molar-refractivity contribution in [3.8, 4) is 5.75 Å². The molecule has 1 amide bonds. The summed E-state index contributed by atoms with van der Waals surface area (Å²) in [6.45, 7) is 1.97. The van der Waals surface area contributed by atoms with Gasteiger partial charge in [-0.25, -0.2) is 0 Å². The van der Waals surface area contributed by atoms with Crippen LogP contribution in [0.15, 0.2) is 48.5 Å². The summed E-state index contributed by atoms with van der Waals surface area (Å²) >= 11 is 0. The van der Waals surface area contributed by atoms with Crippen molar-refractivity contribution >= 4 is 23.3 Å². The Labute approximate surface area is 147 Å². The number of carbonyl (C=O) groups excluding carboxylic acids is 1. The SMILES string of the molecule is CCCN(CC(=O)O)C(=O)c1ccccc1Nc1cccc(OC)c1. The summed E-state index contributed by atoms with van der Waals surface area (Å²) in [5, 5.41) is 12.2. The Hall–Kier alpha value is -3.02. The van der Waals surface area contributed by atoms with E-state index < -0.39 is 5.97 Å². The van der Waals surface area contributed by atoms with E-state index in [9.17, 15) is 9.59 Å². The molecule has 0 aliphatic heterocycles. The van der Waals surface area contributed by atoms with Gasteiger partial charge in [0.05, 0.1) is 18.4 Å². The van der Waals surface area contributed by atoms with Crippen molar-refractivity contribution < 1.29 is 19.4 Å². The molecule has 0 aromatic heterocycles. The van der Waals surface area contributed by atoms with E-state index in [0.29, 0.717) is 30.0 Å². The first-order valence-electron chi connectivity index (χ1n) is 8.06. The van der Waals surface area contributed by atoms with Crippen molar-refractivity contribution in [1.82, 2.24) is 4.90 Å². The molecular formula is C19H22N2O4. The number of carboxylic acid groups (broad SMARTS) is 1. The molecule has 6 heteroatoms. The molecule has 0 bridgehead atoms. The van der Waals surface area contributed by atoms with Gasteiger partial charge in [-0.1, -0.05) is 25.1 Å². The Morgan fingerprint density at radius 1 is 1.16 bits per heavy atom. The average Bonchev–Trinajstić information content (AvgIpc) is 2.61. The molecule has 132 valence electrons. The molecule has 0 saturated heterocycles. The summed E-state index contributed by atoms with van der Waals surface area (Å²) in [5.41, 5.74) is 1.83. The van der Waals surface area contributed by atoms with E-state index in [-0.39, 0.29) is 12.5 Å². The molecule has 0 spiro atoms. The molecule has 0 heterocycles. The number of carboxylic acids is 1. The molecule has 0 radical (unpaired) electrons. The Morgan fingerprint density at radius 2 is 1.92 bits per heavy atom. The van der Waals surface area contributed by atoms with Gasteiger partial charge >= 0.3 is 5.97 Å². The number of rotatable bonds is 8. The summed E-state index contributed by atoms with van der Waals surface area (Å²) in [6, 6.07) is 14.4. The standard InChI is InChI=1S/C19H22N2O4/c1-3-11-21(13-18(22)23)19(24)16-9-4-5-10-17(16)20-14-7-6-8-15(12-14)25-2/h4-10,12,20H,3,11,13H2,1-2H3,(H,22,23). The minimum Gasteiger partial charge on any atom is -0.497 e. The summed E-state index contributed by atoms with van der Waals surface area (Å²) < 4.78 is 5.20. The Bertz CT molecular complexity index is 746. The molecule has 0 atom stereocenters. The minimum absolute atomic E-state index is 0.310. The van der Waals surface area contributed by atoms with E-state index >= 15 is 0 Å². The van der Waals surface area contributed by atoms with Crippen LogP contribution in [0.1, 0.15) is 23.7 Å². The van der Waals surface area contributed by atoms with Crippen LogP contribution in [0.5, 0.6) is 5.75 Å². The lowest BCUT2D eigenvalue weighted by Crippen LogP contribution is -2.36. The molecule has 0 saturated carbocycles. The predicted molar refractivity (Wildman–Crippen MR) is 96.5 cm³/mol. The van der Waals surface area contributed by atoms with E-state index in [4.69, 9.17) is 9.84 Å². The van der Waals surface area contributed by atoms with Crippen molar-refractivity contribution in [2.24, 2.45) is 0 Å². The van der Waals surface area contributed by atoms with Crippen LogP contribution in [-0.4, -0.2) is 42.1 Å². The largest absolute Gasteiger partial charge is 0.497 e. The quantitative estimate of drug-likeness (QED) is 0.769. The van der Waals surface area contributed by atoms with Gasteiger partial charge in [0.2, 0.25) is 0 Å². The fourth-order valence-corrected chi connectivity index (χ4v) is 2.49. The number of anilines is 2. The number of benzene rings is 2. The van der Waals surface area contributed by atoms with Crippen LogP contribution in [0, 0.1) is 0 Å². The van der Waals surface area contributed by atoms with Gasteiger partial charge in [0.25, 0.3) is 5.91 Å². The third kappa shape index (κ3) is 4.97. The highest BCUT2D eigenvalue weighted by atomic mass is 16.5. The molecule has 0 fully saturated rings. The number of hydrogen-bond donors (Lipinski definition) is 2. The summed E-state index contributed by atoms with van der Waals surface area (Å²) in [6.07, 6.45) is 0.685. The van der Waals surface area contributed by atoms with Crippen LogP contribution in [0.4, 0.5) is 11.4 Å². The number of carbonyl (C=O) groups is 2. The summed E-state index contributed by atoms with van der Waals surface area (Å²) in [4.78, 5) is 25.2. The number of nitrogens with one attached hydrogen (secondary N) is 1. The molecule has 2 aromatic carbocycles. The van der Waals surface area contributed by atoms with Crippen LogP contribution in [-0.2, 0) is 4.79 Å². The van der Waals surface area contributed by atoms with Gasteiger partial charge in [-0.15, -0.1) is 0 Å². The third-order valence-electron chi connectivity index (χ3n) is 3.61. The molecular weight excluding hydrogens is 320 g/mol. The zero-order valence-corrected chi connectivity index (χ0v) is 14.4. The second kappa shape index (κ2) is 8.73. The number of para-hydroxylation sites is 1. The van der Waals surface area contributed by atoms with Gasteiger partial charge in [0, 0.05) is 18.3 Å². The number of hydrogen-bond acceptors (Lipinski definition) is 4. The van der Waals surface area contributed by atoms with Crippen LogP contribution in [0.3, 0.4) is 0 Å². The topological polar surface area (TPSA) is 78.9 Å². The van der Waals surface area contributed by atoms with Crippen LogP contribution in [0.2, 0.25) is 0 Å². The maximum absolute atomic E-state index is 12.8. The number of ether oxygens (including phenoxy) is 1. The first kappa shape index (κ1) is 18.3. The highest BCUT2D eigenvalue weighted by molar-refractivity contribution is 6.01. The summed E-state index contributed by atoms with van der Waals surface area (Å²) in [7, 11) is 1.59. The third-order valence-corrected chi connectivity index (χ3v) is 3.61. The van der Waals surface area contributed by atoms with E-state index in [0.717, 1.165) is 5.69 Å². The smallest absolute Gasteiger partial charge is 0.323 e. The first-order chi connectivity index (χ1) is 12.0. The highest BCUT2D eigenvalue weighted by Gasteiger charge is 2.20. The van der Waals surface area contributed by atoms with Crippen molar-refractivity contribution in [3.05, 3.63) is 54.1 Å². The molecule has 0 unspecified atom stereocenters. The molecule has 6 nitrogen and oxygen atoms in total. The molecule has 2 aromatic rings. The Balaban J connectivity index is 2.29. The number of nitrogens with zero attached hydrogens (tertiary/aromatic N) is 1. The molecule has 2 N–H and O–H groups in total. The zero-order chi connectivity index (χ0) is 18.2. The fourth-order valence-electron chi connectivity index (χ4n) is 2.49. The lowest BCUT2D eigenvalue weighted by molar-refractivity contribution is -0.137. The highest BCUT2D eigenvalue weighted by Crippen LogP contribution is 2.25. The van der Waals surface area contributed by atoms with Gasteiger partial charge in [0.1, 0.15) is 12.3 Å². The van der Waals surface area contributed by atoms with Gasteiger partial charge < -0.3 is 20.1 Å². The minimum atomic E-state index is -1.03. The van der Waals surface area contributed by atoms with E-state index in [2.05, 4.69) is 5.32 Å². The Kier molecular flexibility index (Phi) is 6.39. The zero-order valence-electron chi connectivity index (χ0n) is 14.4. The number of methoxy groups -OCH3 is 1. The Morgan fingerprint density at radius 3 is 2.60 bits per heavy atom. The van der Waals surface area contributed by atoms with Gasteiger partial charge in [0.15, 0.2) is 0 Å². The summed E-state index contributed by atoms with van der Waals surface area (Å²) in [5.74, 6) is -0.637. The maximum Gasteiger partial charge on any atom is 0.323 e. The predicted octanol–water partition coefficient (Wildman–Crippen LogP) is 3.38. The molecule has 0 aliphatic rings. The lowest BCUT2D eigenvalue weighted by atomic mass is 10.1. The van der Waals surface area contributed by atoms with Crippen LogP contribution in [0.25, 0.3) is 0 Å². The first-order valence-corrected chi connectivity index (χ1v) is 8.06.